The number of amides is 1. The summed E-state index contributed by atoms with van der Waals surface area (Å²) in [6.07, 6.45) is 0.438. The molecule has 0 aromatic carbocycles. The lowest BCUT2D eigenvalue weighted by Gasteiger charge is -1.95. The third kappa shape index (κ3) is 3.68. The average Bonchev–Trinajstić information content (AvgIpc) is 1.68. The molecule has 0 heterocycles. The van der Waals surface area contributed by atoms with E-state index in [-0.39, 0.29) is 5.91 Å². The molecule has 0 aliphatic carbocycles. The molecule has 0 bridgehead atoms. The van der Waals surface area contributed by atoms with Gasteiger partial charge in [0.1, 0.15) is 0 Å². The van der Waals surface area contributed by atoms with Gasteiger partial charge in [0.15, 0.2) is 0 Å². The summed E-state index contributed by atoms with van der Waals surface area (Å²) in [4.78, 5) is 10.5. The molecule has 3 nitrogen and oxygen atoms in total. The van der Waals surface area contributed by atoms with Crippen molar-refractivity contribution in [2.75, 3.05) is 6.54 Å². The molecule has 0 rings (SSSR count). The third-order valence-electron chi connectivity index (χ3n) is 0.745. The van der Waals surface area contributed by atoms with Crippen molar-refractivity contribution in [2.45, 2.75) is 13.2 Å². The number of nitrogens with two attached hydrogens (primary N) is 1. The summed E-state index contributed by atoms with van der Waals surface area (Å²) in [5.41, 5.74) is 5.10. The van der Waals surface area contributed by atoms with Gasteiger partial charge >= 0.3 is 0 Å². The molecule has 0 atom stereocenters. The van der Waals surface area contributed by atoms with Gasteiger partial charge in [0.2, 0.25) is 13.3 Å². The zero-order valence-corrected chi connectivity index (χ0v) is 5.11. The van der Waals surface area contributed by atoms with Gasteiger partial charge in [0, 0.05) is 12.9 Å². The van der Waals surface area contributed by atoms with Crippen molar-refractivity contribution in [3.63, 3.8) is 0 Å². The molecule has 0 saturated heterocycles. The molecule has 46 valence electrons. The molecule has 0 aromatic heterocycles. The molecule has 3 N–H and O–H groups in total. The van der Waals surface area contributed by atoms with Crippen LogP contribution in [0.25, 0.3) is 0 Å². The van der Waals surface area contributed by atoms with Crippen LogP contribution in [0, 0.1) is 0 Å². The van der Waals surface area contributed by atoms with Crippen LogP contribution in [0.2, 0.25) is 6.32 Å². The van der Waals surface area contributed by atoms with Gasteiger partial charge in [-0.25, -0.2) is 0 Å². The molecule has 4 heteroatoms. The maximum atomic E-state index is 10.5. The first-order valence-corrected chi connectivity index (χ1v) is 2.78. The fraction of sp³-hybridized carbons (Fsp3) is 0.750. The Morgan fingerprint density at radius 2 is 2.50 bits per heavy atom. The predicted molar refractivity (Wildman–Crippen MR) is 34.8 cm³/mol. The molecule has 0 radical (unpaired) electrons. The highest BCUT2D eigenvalue weighted by molar-refractivity contribution is 6.37. The van der Waals surface area contributed by atoms with E-state index >= 15 is 0 Å². The number of nitrogens with one attached hydrogen (secondary N) is 1. The van der Waals surface area contributed by atoms with E-state index in [0.29, 0.717) is 20.3 Å². The molecule has 0 aromatic rings. The monoisotopic (exact) mass is 114 g/mol. The van der Waals surface area contributed by atoms with Gasteiger partial charge < -0.3 is 11.0 Å². The Morgan fingerprint density at radius 3 is 2.88 bits per heavy atom. The second-order valence-electron chi connectivity index (χ2n) is 1.49. The SMILES string of the molecule is CCNC(=O)CBN. The van der Waals surface area contributed by atoms with Crippen LogP contribution in [0.15, 0.2) is 0 Å². The molecule has 0 aliphatic heterocycles. The molecule has 1 amide bonds. The Bertz CT molecular complexity index is 68.4. The Kier molecular flexibility index (Phi) is 4.36. The summed E-state index contributed by atoms with van der Waals surface area (Å²) in [5.74, 6) is 0.0370. The predicted octanol–water partition coefficient (Wildman–Crippen LogP) is -1.15. The van der Waals surface area contributed by atoms with Crippen LogP contribution >= 0.6 is 0 Å². The Balaban J connectivity index is 3.06. The van der Waals surface area contributed by atoms with Crippen LogP contribution in [0.5, 0.6) is 0 Å². The highest BCUT2D eigenvalue weighted by atomic mass is 16.1. The molecule has 0 aliphatic rings. The smallest absolute Gasteiger partial charge is 0.213 e. The quantitative estimate of drug-likeness (QED) is 0.455. The van der Waals surface area contributed by atoms with E-state index in [0.717, 1.165) is 0 Å². The maximum Gasteiger partial charge on any atom is 0.213 e. The Morgan fingerprint density at radius 1 is 1.88 bits per heavy atom. The largest absolute Gasteiger partial charge is 0.372 e. The number of carbonyl (C=O) groups excluding carboxylic acids is 1. The van der Waals surface area contributed by atoms with E-state index in [1.54, 1.807) is 0 Å². The van der Waals surface area contributed by atoms with E-state index in [2.05, 4.69) is 5.32 Å². The van der Waals surface area contributed by atoms with Crippen LogP contribution in [0.3, 0.4) is 0 Å². The number of hydrogen-bond acceptors (Lipinski definition) is 2. The fourth-order valence-electron chi connectivity index (χ4n) is 0.417. The first-order valence-electron chi connectivity index (χ1n) is 2.78. The van der Waals surface area contributed by atoms with Crippen molar-refractivity contribution >= 4 is 13.3 Å². The Hall–Kier alpha value is -0.505. The lowest BCUT2D eigenvalue weighted by atomic mass is 9.91. The van der Waals surface area contributed by atoms with Gasteiger partial charge in [-0.2, -0.15) is 0 Å². The van der Waals surface area contributed by atoms with Crippen LogP contribution in [0.1, 0.15) is 6.92 Å². The summed E-state index contributed by atoms with van der Waals surface area (Å²) >= 11 is 0. The highest BCUT2D eigenvalue weighted by Gasteiger charge is 1.94. The molecular formula is C4H11BN2O. The zero-order chi connectivity index (χ0) is 6.41. The van der Waals surface area contributed by atoms with E-state index in [9.17, 15) is 4.79 Å². The van der Waals surface area contributed by atoms with Crippen molar-refractivity contribution in [1.29, 1.82) is 0 Å². The van der Waals surface area contributed by atoms with Gasteiger partial charge in [-0.1, -0.05) is 0 Å². The van der Waals surface area contributed by atoms with E-state index in [4.69, 9.17) is 5.64 Å². The van der Waals surface area contributed by atoms with E-state index in [1.165, 1.54) is 0 Å². The van der Waals surface area contributed by atoms with E-state index < -0.39 is 0 Å². The first kappa shape index (κ1) is 7.49. The minimum absolute atomic E-state index is 0.0370. The van der Waals surface area contributed by atoms with Gasteiger partial charge in [-0.05, 0) is 6.92 Å². The van der Waals surface area contributed by atoms with Crippen molar-refractivity contribution in [3.8, 4) is 0 Å². The van der Waals surface area contributed by atoms with Gasteiger partial charge in [-0.15, -0.1) is 0 Å². The van der Waals surface area contributed by atoms with Gasteiger partial charge in [0.05, 0.1) is 0 Å². The molecule has 0 saturated carbocycles. The summed E-state index contributed by atoms with van der Waals surface area (Å²) in [6, 6.07) is 0. The number of hydrogen-bond donors (Lipinski definition) is 2. The Labute approximate surface area is 49.9 Å². The van der Waals surface area contributed by atoms with E-state index in [1.807, 2.05) is 6.92 Å². The fourth-order valence-corrected chi connectivity index (χ4v) is 0.417. The van der Waals surface area contributed by atoms with Crippen molar-refractivity contribution < 1.29 is 4.79 Å². The molecule has 0 spiro atoms. The number of carbonyl (C=O) groups is 1. The normalized spacial score (nSPS) is 8.25. The minimum atomic E-state index is 0.0370. The maximum absolute atomic E-state index is 10.5. The summed E-state index contributed by atoms with van der Waals surface area (Å²) in [5, 5.41) is 2.63. The summed E-state index contributed by atoms with van der Waals surface area (Å²) < 4.78 is 0. The van der Waals surface area contributed by atoms with Crippen LogP contribution in [0.4, 0.5) is 0 Å². The van der Waals surface area contributed by atoms with Crippen molar-refractivity contribution in [3.05, 3.63) is 0 Å². The standard InChI is InChI=1S/C4H11BN2O/c1-2-7-4(8)3-5-6/h5H,2-3,6H2,1H3,(H,7,8). The minimum Gasteiger partial charge on any atom is -0.372 e. The molecule has 0 unspecified atom stereocenters. The van der Waals surface area contributed by atoms with Gasteiger partial charge in [0.25, 0.3) is 0 Å². The molecule has 8 heavy (non-hydrogen) atoms. The number of rotatable bonds is 3. The summed E-state index contributed by atoms with van der Waals surface area (Å²) in [6.45, 7) is 2.58. The van der Waals surface area contributed by atoms with Crippen LogP contribution in [-0.4, -0.2) is 19.9 Å². The molecule has 0 fully saturated rings. The van der Waals surface area contributed by atoms with Crippen LogP contribution in [-0.2, 0) is 4.79 Å². The van der Waals surface area contributed by atoms with Crippen molar-refractivity contribution in [2.24, 2.45) is 5.64 Å². The summed E-state index contributed by atoms with van der Waals surface area (Å²) in [7, 11) is 0.436. The lowest BCUT2D eigenvalue weighted by Crippen LogP contribution is -2.25. The average molecular weight is 114 g/mol. The van der Waals surface area contributed by atoms with Gasteiger partial charge in [-0.3, -0.25) is 4.79 Å². The lowest BCUT2D eigenvalue weighted by molar-refractivity contribution is -0.118. The second kappa shape index (κ2) is 4.65. The topological polar surface area (TPSA) is 55.1 Å². The first-order chi connectivity index (χ1) is 3.81. The third-order valence-corrected chi connectivity index (χ3v) is 0.745. The zero-order valence-electron chi connectivity index (χ0n) is 5.11. The van der Waals surface area contributed by atoms with Crippen molar-refractivity contribution in [1.82, 2.24) is 5.32 Å². The van der Waals surface area contributed by atoms with Crippen LogP contribution < -0.4 is 11.0 Å². The second-order valence-corrected chi connectivity index (χ2v) is 1.49. The highest BCUT2D eigenvalue weighted by Crippen LogP contribution is 1.71. The molecular weight excluding hydrogens is 103 g/mol.